The van der Waals surface area contributed by atoms with E-state index in [1.54, 1.807) is 28.8 Å². The third-order valence-corrected chi connectivity index (χ3v) is 7.15. The van der Waals surface area contributed by atoms with Gasteiger partial charge in [0, 0.05) is 30.0 Å². The summed E-state index contributed by atoms with van der Waals surface area (Å²) in [5.74, 6) is 1.34. The lowest BCUT2D eigenvalue weighted by molar-refractivity contribution is -0.117. The number of Topliss-reactive ketones (excluding diaryl/α,β-unsaturated/α-hetero) is 1. The molecule has 1 aliphatic heterocycles. The maximum absolute atomic E-state index is 12.4. The van der Waals surface area contributed by atoms with Gasteiger partial charge in [-0.3, -0.25) is 9.59 Å². The Labute approximate surface area is 165 Å². The van der Waals surface area contributed by atoms with E-state index in [9.17, 15) is 9.59 Å². The first-order valence-corrected chi connectivity index (χ1v) is 11.0. The summed E-state index contributed by atoms with van der Waals surface area (Å²) in [5.41, 5.74) is 2.60. The van der Waals surface area contributed by atoms with Crippen LogP contribution >= 0.6 is 34.9 Å². The zero-order valence-corrected chi connectivity index (χ0v) is 16.9. The van der Waals surface area contributed by atoms with Gasteiger partial charge in [-0.1, -0.05) is 47.0 Å². The fourth-order valence-electron chi connectivity index (χ4n) is 2.46. The van der Waals surface area contributed by atoms with Crippen molar-refractivity contribution in [2.45, 2.75) is 28.4 Å². The van der Waals surface area contributed by atoms with Gasteiger partial charge < -0.3 is 4.90 Å². The lowest BCUT2D eigenvalue weighted by atomic mass is 10.1. The van der Waals surface area contributed by atoms with E-state index >= 15 is 0 Å². The molecule has 136 valence electrons. The van der Waals surface area contributed by atoms with Gasteiger partial charge in [0.05, 0.1) is 5.75 Å². The SMILES string of the molecule is C=C(C)CSc1nnc(SCC(=O)c2ccc(N3CCCC3=O)cc2)s1. The van der Waals surface area contributed by atoms with Crippen LogP contribution in [0.5, 0.6) is 0 Å². The van der Waals surface area contributed by atoms with Crippen molar-refractivity contribution in [3.05, 3.63) is 42.0 Å². The lowest BCUT2D eigenvalue weighted by Gasteiger charge is -2.15. The largest absolute Gasteiger partial charge is 0.312 e. The number of nitrogens with zero attached hydrogens (tertiary/aromatic N) is 3. The highest BCUT2D eigenvalue weighted by molar-refractivity contribution is 8.03. The molecule has 5 nitrogen and oxygen atoms in total. The van der Waals surface area contributed by atoms with E-state index in [-0.39, 0.29) is 11.7 Å². The second-order valence-electron chi connectivity index (χ2n) is 5.99. The number of hydrogen-bond donors (Lipinski definition) is 0. The predicted octanol–water partition coefficient (Wildman–Crippen LogP) is 4.31. The van der Waals surface area contributed by atoms with Crippen molar-refractivity contribution in [2.24, 2.45) is 0 Å². The van der Waals surface area contributed by atoms with Crippen LogP contribution in [-0.2, 0) is 4.79 Å². The summed E-state index contributed by atoms with van der Waals surface area (Å²) >= 11 is 4.51. The minimum absolute atomic E-state index is 0.0423. The van der Waals surface area contributed by atoms with Crippen molar-refractivity contribution in [3.63, 3.8) is 0 Å². The molecule has 8 heteroatoms. The minimum atomic E-state index is 0.0423. The maximum atomic E-state index is 12.4. The van der Waals surface area contributed by atoms with E-state index in [0.717, 1.165) is 38.7 Å². The molecule has 0 spiro atoms. The molecule has 0 bridgehead atoms. The number of thioether (sulfide) groups is 2. The Bertz CT molecular complexity index is 817. The number of amides is 1. The van der Waals surface area contributed by atoms with Gasteiger partial charge in [0.15, 0.2) is 14.5 Å². The van der Waals surface area contributed by atoms with Gasteiger partial charge >= 0.3 is 0 Å². The van der Waals surface area contributed by atoms with Crippen LogP contribution < -0.4 is 4.90 Å². The molecule has 2 aromatic rings. The molecule has 1 aromatic heterocycles. The fraction of sp³-hybridized carbons (Fsp3) is 0.333. The van der Waals surface area contributed by atoms with Gasteiger partial charge in [-0.15, -0.1) is 10.2 Å². The van der Waals surface area contributed by atoms with E-state index in [1.807, 2.05) is 19.1 Å². The van der Waals surface area contributed by atoms with E-state index < -0.39 is 0 Å². The number of carbonyl (C=O) groups excluding carboxylic acids is 2. The Kier molecular flexibility index (Phi) is 6.50. The first-order chi connectivity index (χ1) is 12.5. The number of carbonyl (C=O) groups is 2. The lowest BCUT2D eigenvalue weighted by Crippen LogP contribution is -2.23. The van der Waals surface area contributed by atoms with Crippen molar-refractivity contribution in [2.75, 3.05) is 23.0 Å². The normalized spacial score (nSPS) is 14.0. The number of ketones is 1. The van der Waals surface area contributed by atoms with E-state index in [4.69, 9.17) is 0 Å². The van der Waals surface area contributed by atoms with Gasteiger partial charge in [-0.2, -0.15) is 0 Å². The smallest absolute Gasteiger partial charge is 0.227 e. The molecule has 0 N–H and O–H groups in total. The zero-order chi connectivity index (χ0) is 18.5. The summed E-state index contributed by atoms with van der Waals surface area (Å²) < 4.78 is 1.68. The Morgan fingerprint density at radius 3 is 2.42 bits per heavy atom. The first-order valence-electron chi connectivity index (χ1n) is 8.20. The molecule has 0 atom stereocenters. The van der Waals surface area contributed by atoms with Crippen molar-refractivity contribution in [1.29, 1.82) is 0 Å². The average Bonchev–Trinajstić information content (AvgIpc) is 3.27. The molecule has 0 unspecified atom stereocenters. The Balaban J connectivity index is 1.53. The molecule has 0 saturated carbocycles. The molecule has 0 radical (unpaired) electrons. The Morgan fingerprint density at radius 2 is 1.85 bits per heavy atom. The van der Waals surface area contributed by atoms with Crippen LogP contribution in [0.4, 0.5) is 5.69 Å². The van der Waals surface area contributed by atoms with Crippen molar-refractivity contribution < 1.29 is 9.59 Å². The molecule has 26 heavy (non-hydrogen) atoms. The summed E-state index contributed by atoms with van der Waals surface area (Å²) in [4.78, 5) is 25.9. The van der Waals surface area contributed by atoms with E-state index in [0.29, 0.717) is 17.7 Å². The molecule has 2 heterocycles. The quantitative estimate of drug-likeness (QED) is 0.370. The third-order valence-electron chi connectivity index (χ3n) is 3.73. The van der Waals surface area contributed by atoms with Gasteiger partial charge in [-0.05, 0) is 37.6 Å². The number of aromatic nitrogens is 2. The fourth-order valence-corrected chi connectivity index (χ4v) is 5.22. The zero-order valence-electron chi connectivity index (χ0n) is 14.4. The summed E-state index contributed by atoms with van der Waals surface area (Å²) in [5, 5.41) is 8.24. The summed E-state index contributed by atoms with van der Waals surface area (Å²) in [7, 11) is 0. The van der Waals surface area contributed by atoms with Gasteiger partial charge in [0.25, 0.3) is 0 Å². The maximum Gasteiger partial charge on any atom is 0.227 e. The second-order valence-corrected chi connectivity index (χ2v) is 9.41. The van der Waals surface area contributed by atoms with Crippen LogP contribution in [0.1, 0.15) is 30.1 Å². The minimum Gasteiger partial charge on any atom is -0.312 e. The molecule has 3 rings (SSSR count). The van der Waals surface area contributed by atoms with Crippen LogP contribution in [0.3, 0.4) is 0 Å². The van der Waals surface area contributed by atoms with Crippen LogP contribution in [0.15, 0.2) is 45.1 Å². The highest BCUT2D eigenvalue weighted by Gasteiger charge is 2.21. The summed E-state index contributed by atoms with van der Waals surface area (Å²) in [6, 6.07) is 7.27. The summed E-state index contributed by atoms with van der Waals surface area (Å²) in [6.45, 7) is 6.60. The molecule has 1 saturated heterocycles. The molecular weight excluding hydrogens is 386 g/mol. The van der Waals surface area contributed by atoms with Crippen molar-refractivity contribution in [3.8, 4) is 0 Å². The number of rotatable bonds is 8. The second kappa shape index (κ2) is 8.83. The highest BCUT2D eigenvalue weighted by Crippen LogP contribution is 2.30. The van der Waals surface area contributed by atoms with Crippen molar-refractivity contribution in [1.82, 2.24) is 10.2 Å². The first kappa shape index (κ1) is 19.1. The molecule has 1 fully saturated rings. The van der Waals surface area contributed by atoms with Crippen LogP contribution in [0.2, 0.25) is 0 Å². The average molecular weight is 406 g/mol. The number of hydrogen-bond acceptors (Lipinski definition) is 7. The van der Waals surface area contributed by atoms with Crippen LogP contribution in [-0.4, -0.2) is 39.9 Å². The van der Waals surface area contributed by atoms with Crippen molar-refractivity contribution >= 4 is 52.2 Å². The van der Waals surface area contributed by atoms with Crippen LogP contribution in [0, 0.1) is 0 Å². The molecule has 0 aliphatic carbocycles. The topological polar surface area (TPSA) is 63.2 Å². The van der Waals surface area contributed by atoms with Gasteiger partial charge in [0.2, 0.25) is 5.91 Å². The monoisotopic (exact) mass is 405 g/mol. The van der Waals surface area contributed by atoms with Gasteiger partial charge in [-0.25, -0.2) is 0 Å². The highest BCUT2D eigenvalue weighted by atomic mass is 32.2. The molecular formula is C18H19N3O2S3. The Hall–Kier alpha value is -1.64. The number of benzene rings is 1. The molecule has 1 amide bonds. The predicted molar refractivity (Wildman–Crippen MR) is 109 cm³/mol. The molecule has 1 aliphatic rings. The Morgan fingerprint density at radius 1 is 1.19 bits per heavy atom. The van der Waals surface area contributed by atoms with Crippen LogP contribution in [0.25, 0.3) is 0 Å². The molecule has 1 aromatic carbocycles. The van der Waals surface area contributed by atoms with E-state index in [1.165, 1.54) is 23.1 Å². The third kappa shape index (κ3) is 4.96. The number of anilines is 1. The van der Waals surface area contributed by atoms with E-state index in [2.05, 4.69) is 16.8 Å². The van der Waals surface area contributed by atoms with Gasteiger partial charge in [0.1, 0.15) is 0 Å². The summed E-state index contributed by atoms with van der Waals surface area (Å²) in [6.07, 6.45) is 1.50. The standard InChI is InChI=1S/C18H19N3O2S3/c1-12(2)10-24-17-19-20-18(26-17)25-11-15(22)13-5-7-14(8-6-13)21-9-3-4-16(21)23/h5-8H,1,3-4,9-11H2,2H3.